The van der Waals surface area contributed by atoms with Crippen LogP contribution in [-0.4, -0.2) is 15.9 Å². The Balaban J connectivity index is 1.68. The number of carbonyl (C=O) groups excluding carboxylic acids is 1. The van der Waals surface area contributed by atoms with Gasteiger partial charge in [0.05, 0.1) is 10.7 Å². The van der Waals surface area contributed by atoms with Crippen molar-refractivity contribution in [2.45, 2.75) is 26.7 Å². The highest BCUT2D eigenvalue weighted by atomic mass is 35.5. The Bertz CT molecular complexity index is 1200. The number of rotatable bonds is 5. The molecule has 0 saturated carbocycles. The van der Waals surface area contributed by atoms with Crippen molar-refractivity contribution < 1.29 is 9.18 Å². The number of benzene rings is 1. The van der Waals surface area contributed by atoms with Crippen molar-refractivity contribution in [3.05, 3.63) is 67.2 Å². The summed E-state index contributed by atoms with van der Waals surface area (Å²) in [7, 11) is 0. The summed E-state index contributed by atoms with van der Waals surface area (Å²) < 4.78 is 13.3. The van der Waals surface area contributed by atoms with Gasteiger partial charge in [-0.05, 0) is 49.6 Å². The molecule has 0 atom stereocenters. The van der Waals surface area contributed by atoms with Crippen LogP contribution < -0.4 is 10.9 Å². The maximum Gasteiger partial charge on any atom is 0.266 e. The number of halogens is 2. The third-order valence-electron chi connectivity index (χ3n) is 4.49. The van der Waals surface area contributed by atoms with E-state index in [0.29, 0.717) is 34.1 Å². The topological polar surface area (TPSA) is 98.6 Å². The smallest absolute Gasteiger partial charge is 0.266 e. The number of amides is 1. The molecule has 0 saturated heterocycles. The molecule has 0 bridgehead atoms. The van der Waals surface area contributed by atoms with Gasteiger partial charge in [-0.25, -0.2) is 9.37 Å². The lowest BCUT2D eigenvalue weighted by molar-refractivity contribution is -0.116. The molecule has 2 N–H and O–H groups in total. The first-order valence-corrected chi connectivity index (χ1v) is 9.89. The lowest BCUT2D eigenvalue weighted by Crippen LogP contribution is -2.18. The fourth-order valence-corrected chi connectivity index (χ4v) is 3.88. The summed E-state index contributed by atoms with van der Waals surface area (Å²) in [6.07, 6.45) is 0.538. The van der Waals surface area contributed by atoms with E-state index in [1.165, 1.54) is 23.5 Å². The molecular formula is C20H16ClFN4O2S. The number of nitrogens with zero attached hydrogens (tertiary/aromatic N) is 2. The molecule has 3 rings (SSSR count). The van der Waals surface area contributed by atoms with Gasteiger partial charge >= 0.3 is 0 Å². The fraction of sp³-hybridized carbons (Fsp3) is 0.200. The van der Waals surface area contributed by atoms with Crippen molar-refractivity contribution in [3.63, 3.8) is 0 Å². The average molecular weight is 431 g/mol. The minimum absolute atomic E-state index is 0.00414. The van der Waals surface area contributed by atoms with Gasteiger partial charge in [0.15, 0.2) is 5.13 Å². The van der Waals surface area contributed by atoms with Gasteiger partial charge in [0.2, 0.25) is 5.91 Å². The van der Waals surface area contributed by atoms with Crippen LogP contribution in [0.1, 0.15) is 28.8 Å². The predicted molar refractivity (Wildman–Crippen MR) is 111 cm³/mol. The first-order valence-electron chi connectivity index (χ1n) is 8.63. The zero-order chi connectivity index (χ0) is 21.1. The van der Waals surface area contributed by atoms with Gasteiger partial charge in [0.25, 0.3) is 5.56 Å². The van der Waals surface area contributed by atoms with Crippen LogP contribution >= 0.6 is 22.9 Å². The second-order valence-corrected chi connectivity index (χ2v) is 7.65. The highest BCUT2D eigenvalue weighted by Crippen LogP contribution is 2.28. The predicted octanol–water partition coefficient (Wildman–Crippen LogP) is 4.35. The summed E-state index contributed by atoms with van der Waals surface area (Å²) in [5.41, 5.74) is 2.88. The Kier molecular flexibility index (Phi) is 6.11. The lowest BCUT2D eigenvalue weighted by atomic mass is 9.99. The molecule has 0 aliphatic heterocycles. The van der Waals surface area contributed by atoms with Crippen molar-refractivity contribution in [1.29, 1.82) is 5.26 Å². The summed E-state index contributed by atoms with van der Waals surface area (Å²) >= 11 is 7.05. The van der Waals surface area contributed by atoms with E-state index in [0.717, 1.165) is 5.56 Å². The molecule has 2 heterocycles. The van der Waals surface area contributed by atoms with Crippen LogP contribution in [0.2, 0.25) is 5.02 Å². The molecule has 2 aromatic heterocycles. The van der Waals surface area contributed by atoms with Crippen LogP contribution in [0.15, 0.2) is 28.4 Å². The van der Waals surface area contributed by atoms with E-state index in [1.807, 2.05) is 6.07 Å². The van der Waals surface area contributed by atoms with Crippen LogP contribution in [0.5, 0.6) is 0 Å². The van der Waals surface area contributed by atoms with E-state index >= 15 is 0 Å². The Labute approximate surface area is 175 Å². The minimum Gasteiger partial charge on any atom is -0.325 e. The van der Waals surface area contributed by atoms with Crippen molar-refractivity contribution in [2.75, 3.05) is 5.32 Å². The summed E-state index contributed by atoms with van der Waals surface area (Å²) in [4.78, 5) is 31.1. The minimum atomic E-state index is -0.508. The van der Waals surface area contributed by atoms with E-state index < -0.39 is 11.4 Å². The van der Waals surface area contributed by atoms with E-state index in [9.17, 15) is 14.0 Å². The van der Waals surface area contributed by atoms with Crippen molar-refractivity contribution in [2.24, 2.45) is 0 Å². The van der Waals surface area contributed by atoms with Gasteiger partial charge in [0, 0.05) is 23.1 Å². The number of pyridine rings is 1. The highest BCUT2D eigenvalue weighted by Gasteiger charge is 2.14. The summed E-state index contributed by atoms with van der Waals surface area (Å²) in [6.45, 7) is 3.44. The Hall–Kier alpha value is -3.02. The summed E-state index contributed by atoms with van der Waals surface area (Å²) in [5, 5.41) is 14.0. The molecule has 148 valence electrons. The van der Waals surface area contributed by atoms with E-state index in [1.54, 1.807) is 25.3 Å². The zero-order valence-electron chi connectivity index (χ0n) is 15.6. The quantitative estimate of drug-likeness (QED) is 0.628. The second kappa shape index (κ2) is 8.55. The third kappa shape index (κ3) is 4.53. The Morgan fingerprint density at radius 3 is 2.86 bits per heavy atom. The number of carbonyl (C=O) groups is 1. The maximum atomic E-state index is 13.3. The number of aromatic amines is 1. The fourth-order valence-electron chi connectivity index (χ4n) is 2.96. The molecule has 0 aliphatic rings. The number of nitriles is 1. The standard InChI is InChI=1S/C20H16ClFN4O2S/c1-10-13(11(2)24-19(28)14(10)8-23)4-6-18(27)26-20-25-17(9-29-20)12-3-5-16(22)15(21)7-12/h3,5,7,9H,4,6H2,1-2H3,(H,24,28)(H,25,26,27). The molecule has 6 nitrogen and oxygen atoms in total. The average Bonchev–Trinajstić information content (AvgIpc) is 3.12. The molecule has 0 unspecified atom stereocenters. The zero-order valence-corrected chi connectivity index (χ0v) is 17.2. The molecule has 0 spiro atoms. The van der Waals surface area contributed by atoms with E-state index in [-0.39, 0.29) is 22.9 Å². The van der Waals surface area contributed by atoms with Crippen LogP contribution in [-0.2, 0) is 11.2 Å². The van der Waals surface area contributed by atoms with Gasteiger partial charge in [0.1, 0.15) is 17.4 Å². The Morgan fingerprint density at radius 1 is 1.41 bits per heavy atom. The van der Waals surface area contributed by atoms with E-state index in [2.05, 4.69) is 15.3 Å². The number of anilines is 1. The van der Waals surface area contributed by atoms with Gasteiger partial charge in [-0.15, -0.1) is 11.3 Å². The van der Waals surface area contributed by atoms with Gasteiger partial charge in [-0.2, -0.15) is 5.26 Å². The van der Waals surface area contributed by atoms with E-state index in [4.69, 9.17) is 16.9 Å². The monoisotopic (exact) mass is 430 g/mol. The molecule has 3 aromatic rings. The number of hydrogen-bond donors (Lipinski definition) is 2. The highest BCUT2D eigenvalue weighted by molar-refractivity contribution is 7.14. The molecular weight excluding hydrogens is 415 g/mol. The maximum absolute atomic E-state index is 13.3. The number of H-pyrrole nitrogens is 1. The van der Waals surface area contributed by atoms with Crippen LogP contribution in [0.25, 0.3) is 11.3 Å². The number of aryl methyl sites for hydroxylation is 1. The largest absolute Gasteiger partial charge is 0.325 e. The number of nitrogens with one attached hydrogen (secondary N) is 2. The molecule has 1 amide bonds. The number of hydrogen-bond acceptors (Lipinski definition) is 5. The molecule has 1 aromatic carbocycles. The van der Waals surface area contributed by atoms with Crippen molar-refractivity contribution >= 4 is 34.0 Å². The Morgan fingerprint density at radius 2 is 2.17 bits per heavy atom. The van der Waals surface area contributed by atoms with Gasteiger partial charge in [-0.1, -0.05) is 11.6 Å². The lowest BCUT2D eigenvalue weighted by Gasteiger charge is -2.10. The number of thiazole rings is 1. The summed E-state index contributed by atoms with van der Waals surface area (Å²) in [5.74, 6) is -0.752. The summed E-state index contributed by atoms with van der Waals surface area (Å²) in [6, 6.07) is 6.21. The molecule has 0 fully saturated rings. The molecule has 0 aliphatic carbocycles. The molecule has 29 heavy (non-hydrogen) atoms. The third-order valence-corrected chi connectivity index (χ3v) is 5.54. The SMILES string of the molecule is Cc1[nH]c(=O)c(C#N)c(C)c1CCC(=O)Nc1nc(-c2ccc(F)c(Cl)c2)cs1. The first kappa shape index (κ1) is 20.7. The van der Waals surface area contributed by atoms with Gasteiger partial charge in [-0.3, -0.25) is 9.59 Å². The van der Waals surface area contributed by atoms with Crippen LogP contribution in [0.3, 0.4) is 0 Å². The molecule has 0 radical (unpaired) electrons. The normalized spacial score (nSPS) is 10.6. The second-order valence-electron chi connectivity index (χ2n) is 6.38. The first-order chi connectivity index (χ1) is 13.8. The van der Waals surface area contributed by atoms with Crippen LogP contribution in [0, 0.1) is 31.0 Å². The number of aromatic nitrogens is 2. The van der Waals surface area contributed by atoms with Crippen molar-refractivity contribution in [3.8, 4) is 17.3 Å². The molecule has 9 heteroatoms. The van der Waals surface area contributed by atoms with Crippen LogP contribution in [0.4, 0.5) is 9.52 Å². The van der Waals surface area contributed by atoms with Crippen molar-refractivity contribution in [1.82, 2.24) is 9.97 Å². The van der Waals surface area contributed by atoms with Gasteiger partial charge < -0.3 is 10.3 Å².